The Bertz CT molecular complexity index is 74.5. The average molecular weight is 158 g/mol. The molecular formula is HNa2O5P. The van der Waals surface area contributed by atoms with Crippen molar-refractivity contribution in [1.82, 2.24) is 0 Å². The molecule has 1 atom stereocenters. The van der Waals surface area contributed by atoms with Crippen LogP contribution in [0.5, 0.6) is 0 Å². The Kier molecular flexibility index (Phi) is 14.9. The SMILES string of the molecule is O=P([O-])(O)O[O-].[Na+].[Na+]. The molecule has 0 heterocycles. The molecule has 0 aliphatic carbocycles. The molecule has 0 aliphatic heterocycles. The van der Waals surface area contributed by atoms with Crippen LogP contribution in [0.15, 0.2) is 0 Å². The van der Waals surface area contributed by atoms with Crippen LogP contribution < -0.4 is 69.3 Å². The minimum atomic E-state index is -4.95. The smallest absolute Gasteiger partial charge is 0.757 e. The third-order valence-electron chi connectivity index (χ3n) is 0.0942. The van der Waals surface area contributed by atoms with E-state index in [0.717, 1.165) is 0 Å². The van der Waals surface area contributed by atoms with E-state index in [0.29, 0.717) is 0 Å². The van der Waals surface area contributed by atoms with E-state index in [1.54, 1.807) is 0 Å². The first-order valence-corrected chi connectivity index (χ1v) is 2.41. The van der Waals surface area contributed by atoms with Crippen LogP contribution in [0.25, 0.3) is 0 Å². The molecule has 0 saturated carbocycles. The summed E-state index contributed by atoms with van der Waals surface area (Å²) in [5, 5.41) is 8.63. The Morgan fingerprint density at radius 2 is 1.62 bits per heavy atom. The molecule has 0 amide bonds. The Hall–Kier alpha value is 2.07. The molecule has 0 rings (SSSR count). The molecule has 0 bridgehead atoms. The molecule has 0 aromatic heterocycles. The van der Waals surface area contributed by atoms with E-state index in [4.69, 9.17) is 19.6 Å². The Labute approximate surface area is 90.2 Å². The minimum Gasteiger partial charge on any atom is -0.757 e. The van der Waals surface area contributed by atoms with Gasteiger partial charge in [0.2, 0.25) is 0 Å². The molecule has 0 aromatic rings. The summed E-state index contributed by atoms with van der Waals surface area (Å²) < 4.78 is 11.3. The van der Waals surface area contributed by atoms with Gasteiger partial charge in [-0.1, -0.05) is 0 Å². The number of phosphoric acid groups is 1. The van der Waals surface area contributed by atoms with Gasteiger partial charge in [0, 0.05) is 0 Å². The number of rotatable bonds is 1. The largest absolute Gasteiger partial charge is 1.00 e. The zero-order valence-electron chi connectivity index (χ0n) is 4.53. The summed E-state index contributed by atoms with van der Waals surface area (Å²) in [6.45, 7) is 0. The molecule has 5 nitrogen and oxygen atoms in total. The Morgan fingerprint density at radius 1 is 1.50 bits per heavy atom. The molecule has 0 aliphatic rings. The van der Waals surface area contributed by atoms with Gasteiger partial charge in [0.25, 0.3) is 7.82 Å². The molecule has 38 valence electrons. The van der Waals surface area contributed by atoms with Crippen LogP contribution in [0.1, 0.15) is 0 Å². The molecule has 0 aromatic carbocycles. The van der Waals surface area contributed by atoms with Crippen LogP contribution in [0.3, 0.4) is 0 Å². The summed E-state index contributed by atoms with van der Waals surface area (Å²) in [6.07, 6.45) is 0. The molecule has 0 spiro atoms. The van der Waals surface area contributed by atoms with Gasteiger partial charge in [0.15, 0.2) is 0 Å². The molecule has 1 N–H and O–H groups in total. The van der Waals surface area contributed by atoms with Gasteiger partial charge in [-0.25, -0.2) is 0 Å². The molecule has 0 radical (unpaired) electrons. The van der Waals surface area contributed by atoms with Gasteiger partial charge >= 0.3 is 59.1 Å². The summed E-state index contributed by atoms with van der Waals surface area (Å²) in [5.74, 6) is 0. The molecule has 0 saturated heterocycles. The predicted molar refractivity (Wildman–Crippen MR) is 10.9 cm³/mol. The van der Waals surface area contributed by atoms with Crippen LogP contribution in [0, 0.1) is 0 Å². The topological polar surface area (TPSA) is 92.7 Å². The van der Waals surface area contributed by atoms with Crippen LogP contribution in [-0.4, -0.2) is 4.89 Å². The predicted octanol–water partition coefficient (Wildman–Crippen LogP) is -8.25. The zero-order chi connectivity index (χ0) is 5.21. The zero-order valence-corrected chi connectivity index (χ0v) is 9.42. The maximum absolute atomic E-state index is 9.05. The van der Waals surface area contributed by atoms with Crippen LogP contribution in [0.2, 0.25) is 0 Å². The van der Waals surface area contributed by atoms with Gasteiger partial charge in [-0.15, -0.1) is 0 Å². The maximum Gasteiger partial charge on any atom is 1.00 e. The molecule has 0 fully saturated rings. The van der Waals surface area contributed by atoms with Gasteiger partial charge in [0.1, 0.15) is 0 Å². The fourth-order valence-electron chi connectivity index (χ4n) is 0. The summed E-state index contributed by atoms with van der Waals surface area (Å²) >= 11 is 0. The second-order valence-corrected chi connectivity index (χ2v) is 1.63. The summed E-state index contributed by atoms with van der Waals surface area (Å²) in [7, 11) is -4.95. The number of hydrogen-bond donors (Lipinski definition) is 1. The molecular weight excluding hydrogens is 157 g/mol. The minimum absolute atomic E-state index is 0. The Balaban J connectivity index is -0.000000125. The fourth-order valence-corrected chi connectivity index (χ4v) is 0. The summed E-state index contributed by atoms with van der Waals surface area (Å²) in [6, 6.07) is 0. The first-order valence-electron chi connectivity index (χ1n) is 0.914. The molecule has 8 heteroatoms. The van der Waals surface area contributed by atoms with Crippen LogP contribution in [0.4, 0.5) is 0 Å². The van der Waals surface area contributed by atoms with E-state index in [2.05, 4.69) is 4.67 Å². The van der Waals surface area contributed by atoms with E-state index < -0.39 is 7.82 Å². The standard InChI is InChI=1S/2Na.H3O5P/c;;1-5-6(2,3)4/h;;1H,(H2,2,3,4)/q2*+1;/p-2. The molecule has 1 unspecified atom stereocenters. The van der Waals surface area contributed by atoms with E-state index in [9.17, 15) is 0 Å². The van der Waals surface area contributed by atoms with Crippen molar-refractivity contribution in [2.24, 2.45) is 0 Å². The fraction of sp³-hybridized carbons (Fsp3) is 0. The van der Waals surface area contributed by atoms with Crippen molar-refractivity contribution in [3.63, 3.8) is 0 Å². The summed E-state index contributed by atoms with van der Waals surface area (Å²) in [4.78, 5) is 16.3. The van der Waals surface area contributed by atoms with Crippen molar-refractivity contribution < 1.29 is 83.4 Å². The van der Waals surface area contributed by atoms with Gasteiger partial charge in [-0.3, -0.25) is 4.57 Å². The van der Waals surface area contributed by atoms with Crippen molar-refractivity contribution >= 4 is 7.82 Å². The second-order valence-electron chi connectivity index (χ2n) is 0.543. The second kappa shape index (κ2) is 7.18. The van der Waals surface area contributed by atoms with Crippen LogP contribution >= 0.6 is 7.82 Å². The van der Waals surface area contributed by atoms with Gasteiger partial charge in [-0.2, -0.15) is 0 Å². The quantitative estimate of drug-likeness (QED) is 0.177. The van der Waals surface area contributed by atoms with Gasteiger partial charge in [0.05, 0.1) is 0 Å². The van der Waals surface area contributed by atoms with Crippen molar-refractivity contribution in [2.75, 3.05) is 0 Å². The first kappa shape index (κ1) is 16.6. The van der Waals surface area contributed by atoms with Crippen molar-refractivity contribution in [2.45, 2.75) is 0 Å². The van der Waals surface area contributed by atoms with E-state index >= 15 is 0 Å². The third-order valence-corrected chi connectivity index (χ3v) is 0.283. The van der Waals surface area contributed by atoms with Gasteiger partial charge < -0.3 is 19.7 Å². The van der Waals surface area contributed by atoms with Crippen molar-refractivity contribution in [3.05, 3.63) is 0 Å². The molecule has 8 heavy (non-hydrogen) atoms. The monoisotopic (exact) mass is 158 g/mol. The van der Waals surface area contributed by atoms with E-state index in [1.807, 2.05) is 0 Å². The summed E-state index contributed by atoms with van der Waals surface area (Å²) in [5.41, 5.74) is 0. The van der Waals surface area contributed by atoms with E-state index in [1.165, 1.54) is 0 Å². The van der Waals surface area contributed by atoms with Gasteiger partial charge in [-0.05, 0) is 0 Å². The number of hydrogen-bond acceptors (Lipinski definition) is 4. The normalized spacial score (nSPS) is 14.9. The first-order chi connectivity index (χ1) is 2.56. The average Bonchev–Trinajstić information content (AvgIpc) is 1.35. The van der Waals surface area contributed by atoms with Crippen molar-refractivity contribution in [1.29, 1.82) is 0 Å². The Morgan fingerprint density at radius 3 is 1.62 bits per heavy atom. The van der Waals surface area contributed by atoms with E-state index in [-0.39, 0.29) is 59.1 Å². The van der Waals surface area contributed by atoms with Crippen LogP contribution in [-0.2, 0) is 9.24 Å². The maximum atomic E-state index is 9.05. The van der Waals surface area contributed by atoms with Crippen molar-refractivity contribution in [3.8, 4) is 0 Å². The third kappa shape index (κ3) is 15.7.